The Hall–Kier alpha value is -0.820. The highest BCUT2D eigenvalue weighted by atomic mass is 14.6. The van der Waals surface area contributed by atoms with Crippen LogP contribution in [0.4, 0.5) is 0 Å². The molecule has 0 bridgehead atoms. The van der Waals surface area contributed by atoms with Crippen LogP contribution in [0.2, 0.25) is 0 Å². The Labute approximate surface area is 92.7 Å². The summed E-state index contributed by atoms with van der Waals surface area (Å²) in [7, 11) is 0. The van der Waals surface area contributed by atoms with E-state index in [9.17, 15) is 0 Å². The van der Waals surface area contributed by atoms with Crippen molar-refractivity contribution in [2.45, 2.75) is 45.1 Å². The Balaban J connectivity index is 1.87. The minimum atomic E-state index is 0.358. The molecule has 0 heterocycles. The van der Waals surface area contributed by atoms with Crippen molar-refractivity contribution in [2.24, 2.45) is 11.7 Å². The van der Waals surface area contributed by atoms with E-state index in [1.807, 2.05) is 0 Å². The Kier molecular flexibility index (Phi) is 3.42. The van der Waals surface area contributed by atoms with Gasteiger partial charge in [0.05, 0.1) is 0 Å². The van der Waals surface area contributed by atoms with Gasteiger partial charge in [-0.1, -0.05) is 43.5 Å². The highest BCUT2D eigenvalue weighted by molar-refractivity contribution is 5.26. The highest BCUT2D eigenvalue weighted by Crippen LogP contribution is 2.30. The van der Waals surface area contributed by atoms with E-state index < -0.39 is 0 Å². The zero-order valence-electron chi connectivity index (χ0n) is 9.58. The maximum Gasteiger partial charge on any atom is 0.00820 e. The molecule has 1 unspecified atom stereocenters. The minimum absolute atomic E-state index is 0.358. The van der Waals surface area contributed by atoms with E-state index in [-0.39, 0.29) is 0 Å². The standard InChI is InChI=1S/C14H21N/c1-11-5-2-3-8-13(11)10-14(15)9-12-6-4-7-12/h2-3,5,8,12,14H,4,6-7,9-10,15H2,1H3. The fourth-order valence-corrected chi connectivity index (χ4v) is 2.36. The second kappa shape index (κ2) is 4.80. The number of benzene rings is 1. The van der Waals surface area contributed by atoms with Crippen molar-refractivity contribution in [1.29, 1.82) is 0 Å². The molecule has 0 saturated heterocycles. The summed E-state index contributed by atoms with van der Waals surface area (Å²) in [5, 5.41) is 0. The van der Waals surface area contributed by atoms with Gasteiger partial charge in [-0.3, -0.25) is 0 Å². The normalized spacial score (nSPS) is 18.5. The molecule has 1 aromatic rings. The number of rotatable bonds is 4. The summed E-state index contributed by atoms with van der Waals surface area (Å²) in [5.74, 6) is 0.920. The molecule has 1 fully saturated rings. The van der Waals surface area contributed by atoms with Crippen LogP contribution in [0.1, 0.15) is 36.8 Å². The van der Waals surface area contributed by atoms with Crippen molar-refractivity contribution in [1.82, 2.24) is 0 Å². The predicted octanol–water partition coefficient (Wildman–Crippen LogP) is 3.06. The van der Waals surface area contributed by atoms with Crippen LogP contribution in [0.3, 0.4) is 0 Å². The molecular formula is C14H21N. The highest BCUT2D eigenvalue weighted by Gasteiger charge is 2.20. The van der Waals surface area contributed by atoms with E-state index in [0.29, 0.717) is 6.04 Å². The van der Waals surface area contributed by atoms with Crippen LogP contribution < -0.4 is 5.73 Å². The van der Waals surface area contributed by atoms with Crippen LogP contribution in [-0.4, -0.2) is 6.04 Å². The molecule has 0 spiro atoms. The van der Waals surface area contributed by atoms with E-state index in [1.165, 1.54) is 36.8 Å². The summed E-state index contributed by atoms with van der Waals surface area (Å²) in [6.45, 7) is 2.17. The fraction of sp³-hybridized carbons (Fsp3) is 0.571. The smallest absolute Gasteiger partial charge is 0.00820 e. The van der Waals surface area contributed by atoms with Gasteiger partial charge in [0.2, 0.25) is 0 Å². The van der Waals surface area contributed by atoms with Crippen LogP contribution in [0.5, 0.6) is 0 Å². The van der Waals surface area contributed by atoms with Gasteiger partial charge in [-0.2, -0.15) is 0 Å². The minimum Gasteiger partial charge on any atom is -0.327 e. The lowest BCUT2D eigenvalue weighted by Gasteiger charge is -2.28. The molecular weight excluding hydrogens is 182 g/mol. The zero-order chi connectivity index (χ0) is 10.7. The molecule has 0 radical (unpaired) electrons. The van der Waals surface area contributed by atoms with Crippen molar-refractivity contribution in [2.75, 3.05) is 0 Å². The van der Waals surface area contributed by atoms with Crippen molar-refractivity contribution >= 4 is 0 Å². The Morgan fingerprint density at radius 1 is 1.33 bits per heavy atom. The quantitative estimate of drug-likeness (QED) is 0.799. The van der Waals surface area contributed by atoms with Gasteiger partial charge < -0.3 is 5.73 Å². The van der Waals surface area contributed by atoms with Crippen LogP contribution >= 0.6 is 0 Å². The van der Waals surface area contributed by atoms with Gasteiger partial charge in [0.1, 0.15) is 0 Å². The first-order valence-corrected chi connectivity index (χ1v) is 6.06. The number of nitrogens with two attached hydrogens (primary N) is 1. The summed E-state index contributed by atoms with van der Waals surface area (Å²) in [6.07, 6.45) is 6.49. The number of hydrogen-bond donors (Lipinski definition) is 1. The maximum atomic E-state index is 6.18. The third-order valence-electron chi connectivity index (χ3n) is 3.60. The van der Waals surface area contributed by atoms with Crippen LogP contribution in [0.15, 0.2) is 24.3 Å². The molecule has 1 nitrogen and oxygen atoms in total. The maximum absolute atomic E-state index is 6.18. The van der Waals surface area contributed by atoms with Gasteiger partial charge in [0, 0.05) is 6.04 Å². The third kappa shape index (κ3) is 2.82. The van der Waals surface area contributed by atoms with E-state index in [0.717, 1.165) is 12.3 Å². The van der Waals surface area contributed by atoms with E-state index in [2.05, 4.69) is 31.2 Å². The van der Waals surface area contributed by atoms with Crippen LogP contribution in [0, 0.1) is 12.8 Å². The first-order valence-electron chi connectivity index (χ1n) is 6.06. The van der Waals surface area contributed by atoms with Crippen molar-refractivity contribution in [3.05, 3.63) is 35.4 Å². The topological polar surface area (TPSA) is 26.0 Å². The monoisotopic (exact) mass is 203 g/mol. The average Bonchev–Trinajstić information content (AvgIpc) is 2.16. The van der Waals surface area contributed by atoms with E-state index in [1.54, 1.807) is 0 Å². The van der Waals surface area contributed by atoms with Gasteiger partial charge in [-0.05, 0) is 36.8 Å². The number of aryl methyl sites for hydroxylation is 1. The second-order valence-corrected chi connectivity index (χ2v) is 4.92. The van der Waals surface area contributed by atoms with Crippen LogP contribution in [-0.2, 0) is 6.42 Å². The Morgan fingerprint density at radius 2 is 2.07 bits per heavy atom. The molecule has 1 heteroatoms. The molecule has 1 atom stereocenters. The van der Waals surface area contributed by atoms with Crippen molar-refractivity contribution in [3.63, 3.8) is 0 Å². The molecule has 1 saturated carbocycles. The van der Waals surface area contributed by atoms with Gasteiger partial charge >= 0.3 is 0 Å². The van der Waals surface area contributed by atoms with Crippen molar-refractivity contribution < 1.29 is 0 Å². The molecule has 0 aliphatic heterocycles. The first-order chi connectivity index (χ1) is 7.25. The molecule has 82 valence electrons. The summed E-state index contributed by atoms with van der Waals surface area (Å²) in [4.78, 5) is 0. The molecule has 0 amide bonds. The van der Waals surface area contributed by atoms with Crippen molar-refractivity contribution in [3.8, 4) is 0 Å². The van der Waals surface area contributed by atoms with Gasteiger partial charge in [-0.15, -0.1) is 0 Å². The molecule has 0 aromatic heterocycles. The predicted molar refractivity (Wildman–Crippen MR) is 64.8 cm³/mol. The lowest BCUT2D eigenvalue weighted by atomic mass is 9.80. The molecule has 1 aromatic carbocycles. The summed E-state index contributed by atoms with van der Waals surface area (Å²) in [6, 6.07) is 8.94. The van der Waals surface area contributed by atoms with E-state index in [4.69, 9.17) is 5.73 Å². The molecule has 1 aliphatic carbocycles. The van der Waals surface area contributed by atoms with E-state index >= 15 is 0 Å². The molecule has 2 rings (SSSR count). The lowest BCUT2D eigenvalue weighted by Crippen LogP contribution is -2.28. The van der Waals surface area contributed by atoms with Gasteiger partial charge in [-0.25, -0.2) is 0 Å². The Morgan fingerprint density at radius 3 is 2.67 bits per heavy atom. The fourth-order valence-electron chi connectivity index (χ4n) is 2.36. The summed E-state index contributed by atoms with van der Waals surface area (Å²) in [5.41, 5.74) is 8.98. The third-order valence-corrected chi connectivity index (χ3v) is 3.60. The van der Waals surface area contributed by atoms with Gasteiger partial charge in [0.15, 0.2) is 0 Å². The number of hydrogen-bond acceptors (Lipinski definition) is 1. The largest absolute Gasteiger partial charge is 0.327 e. The zero-order valence-corrected chi connectivity index (χ0v) is 9.58. The Bertz CT molecular complexity index is 315. The summed E-state index contributed by atoms with van der Waals surface area (Å²) < 4.78 is 0. The SMILES string of the molecule is Cc1ccccc1CC(N)CC1CCC1. The second-order valence-electron chi connectivity index (χ2n) is 4.92. The molecule has 1 aliphatic rings. The lowest BCUT2D eigenvalue weighted by molar-refractivity contribution is 0.275. The van der Waals surface area contributed by atoms with Gasteiger partial charge in [0.25, 0.3) is 0 Å². The average molecular weight is 203 g/mol. The van der Waals surface area contributed by atoms with Crippen LogP contribution in [0.25, 0.3) is 0 Å². The molecule has 2 N–H and O–H groups in total. The molecule has 15 heavy (non-hydrogen) atoms. The first kappa shape index (κ1) is 10.7. The summed E-state index contributed by atoms with van der Waals surface area (Å²) >= 11 is 0.